The van der Waals surface area contributed by atoms with Crippen LogP contribution in [0.4, 0.5) is 0 Å². The quantitative estimate of drug-likeness (QED) is 0.511. The molecule has 1 fully saturated rings. The predicted molar refractivity (Wildman–Crippen MR) is 84.0 cm³/mol. The van der Waals surface area contributed by atoms with Crippen molar-refractivity contribution in [3.05, 3.63) is 0 Å². The molecule has 6 heteroatoms. The number of carbonyl (C=O) groups is 2. The Morgan fingerprint density at radius 3 is 1.48 bits per heavy atom. The standard InChI is InChI=1S/C9H16O4.C6H13N.H3N/c10-8(11)6-4-2-1-3-5-7-9(12)13;1-2-4-6-7-5-3-1;/h1-7H2,(H,10,11)(H,12,13);7H,1-6H2;1H3. The summed E-state index contributed by atoms with van der Waals surface area (Å²) in [7, 11) is 0. The molecule has 0 spiro atoms. The third-order valence-electron chi connectivity index (χ3n) is 3.24. The normalized spacial score (nSPS) is 14.1. The summed E-state index contributed by atoms with van der Waals surface area (Å²) in [5.41, 5.74) is 0. The Morgan fingerprint density at radius 2 is 1.10 bits per heavy atom. The van der Waals surface area contributed by atoms with E-state index in [2.05, 4.69) is 5.32 Å². The molecule has 0 aromatic rings. The van der Waals surface area contributed by atoms with Gasteiger partial charge in [-0.2, -0.15) is 0 Å². The molecule has 0 aliphatic carbocycles. The van der Waals surface area contributed by atoms with Crippen molar-refractivity contribution in [2.45, 2.75) is 70.6 Å². The van der Waals surface area contributed by atoms with Crippen LogP contribution in [0.3, 0.4) is 0 Å². The molecule has 0 radical (unpaired) electrons. The second kappa shape index (κ2) is 16.9. The molecule has 21 heavy (non-hydrogen) atoms. The summed E-state index contributed by atoms with van der Waals surface area (Å²) in [4.78, 5) is 20.2. The lowest BCUT2D eigenvalue weighted by molar-refractivity contribution is -0.138. The van der Waals surface area contributed by atoms with Crippen LogP contribution in [-0.2, 0) is 9.59 Å². The first-order valence-electron chi connectivity index (χ1n) is 7.77. The van der Waals surface area contributed by atoms with Gasteiger partial charge in [-0.25, -0.2) is 0 Å². The van der Waals surface area contributed by atoms with Crippen LogP contribution in [0.15, 0.2) is 0 Å². The van der Waals surface area contributed by atoms with Gasteiger partial charge in [0.2, 0.25) is 0 Å². The van der Waals surface area contributed by atoms with Crippen LogP contribution in [0.2, 0.25) is 0 Å². The number of unbranched alkanes of at least 4 members (excludes halogenated alkanes) is 4. The minimum absolute atomic E-state index is 0. The molecule has 0 atom stereocenters. The van der Waals surface area contributed by atoms with Gasteiger partial charge in [-0.3, -0.25) is 9.59 Å². The highest BCUT2D eigenvalue weighted by atomic mass is 16.4. The average molecular weight is 304 g/mol. The van der Waals surface area contributed by atoms with Crippen LogP contribution >= 0.6 is 0 Å². The zero-order valence-electron chi connectivity index (χ0n) is 13.1. The van der Waals surface area contributed by atoms with Crippen LogP contribution in [0, 0.1) is 0 Å². The van der Waals surface area contributed by atoms with Crippen LogP contribution in [0.1, 0.15) is 70.6 Å². The van der Waals surface area contributed by atoms with E-state index in [4.69, 9.17) is 10.2 Å². The van der Waals surface area contributed by atoms with Crippen LogP contribution in [0.25, 0.3) is 0 Å². The third kappa shape index (κ3) is 21.3. The third-order valence-corrected chi connectivity index (χ3v) is 3.24. The molecule has 0 bridgehead atoms. The predicted octanol–water partition coefficient (Wildman–Crippen LogP) is 3.20. The minimum Gasteiger partial charge on any atom is -0.481 e. The van der Waals surface area contributed by atoms with Gasteiger partial charge < -0.3 is 21.7 Å². The summed E-state index contributed by atoms with van der Waals surface area (Å²) in [6, 6.07) is 0. The molecule has 0 aromatic carbocycles. The topological polar surface area (TPSA) is 122 Å². The fourth-order valence-corrected chi connectivity index (χ4v) is 2.06. The molecule has 1 aliphatic heterocycles. The maximum Gasteiger partial charge on any atom is 0.303 e. The highest BCUT2D eigenvalue weighted by Crippen LogP contribution is 2.06. The fraction of sp³-hybridized carbons (Fsp3) is 0.867. The highest BCUT2D eigenvalue weighted by Gasteiger charge is 1.98. The Balaban J connectivity index is 0. The van der Waals surface area contributed by atoms with Crippen LogP contribution in [0.5, 0.6) is 0 Å². The second-order valence-electron chi connectivity index (χ2n) is 5.22. The zero-order valence-corrected chi connectivity index (χ0v) is 13.1. The Bertz CT molecular complexity index is 222. The van der Waals surface area contributed by atoms with Gasteiger partial charge in [0.15, 0.2) is 0 Å². The lowest BCUT2D eigenvalue weighted by Crippen LogP contribution is -2.12. The van der Waals surface area contributed by atoms with Crippen molar-refractivity contribution in [3.63, 3.8) is 0 Å². The van der Waals surface area contributed by atoms with Gasteiger partial charge in [0.05, 0.1) is 0 Å². The first kappa shape index (κ1) is 22.1. The molecule has 6 nitrogen and oxygen atoms in total. The molecule has 126 valence electrons. The van der Waals surface area contributed by atoms with Crippen molar-refractivity contribution in [1.82, 2.24) is 11.5 Å². The number of hydrogen-bond donors (Lipinski definition) is 4. The summed E-state index contributed by atoms with van der Waals surface area (Å²) in [5.74, 6) is -1.52. The van der Waals surface area contributed by atoms with Gasteiger partial charge in [-0.15, -0.1) is 0 Å². The zero-order chi connectivity index (χ0) is 15.1. The van der Waals surface area contributed by atoms with Gasteiger partial charge in [0.1, 0.15) is 0 Å². The van der Waals surface area contributed by atoms with Crippen molar-refractivity contribution >= 4 is 11.9 Å². The first-order chi connectivity index (χ1) is 9.63. The Morgan fingerprint density at radius 1 is 0.714 bits per heavy atom. The fourth-order valence-electron chi connectivity index (χ4n) is 2.06. The average Bonchev–Trinajstić information content (AvgIpc) is 2.70. The molecule has 1 aliphatic rings. The molecule has 6 N–H and O–H groups in total. The molecule has 1 saturated heterocycles. The van der Waals surface area contributed by atoms with E-state index in [0.717, 1.165) is 19.3 Å². The van der Waals surface area contributed by atoms with Gasteiger partial charge in [0, 0.05) is 12.8 Å². The molecule has 1 heterocycles. The first-order valence-corrected chi connectivity index (χ1v) is 7.77. The van der Waals surface area contributed by atoms with Crippen molar-refractivity contribution in [1.29, 1.82) is 0 Å². The molecule has 0 saturated carbocycles. The van der Waals surface area contributed by atoms with Crippen molar-refractivity contribution in [2.24, 2.45) is 0 Å². The second-order valence-corrected chi connectivity index (χ2v) is 5.22. The SMILES string of the molecule is C1CCCNCC1.N.O=C(O)CCCCCCCC(=O)O. The molecule has 0 unspecified atom stereocenters. The summed E-state index contributed by atoms with van der Waals surface area (Å²) in [6.45, 7) is 2.50. The Labute approximate surface area is 127 Å². The molecule has 0 aromatic heterocycles. The summed E-state index contributed by atoms with van der Waals surface area (Å²) in [6.07, 6.45) is 10.2. The van der Waals surface area contributed by atoms with E-state index < -0.39 is 11.9 Å². The summed E-state index contributed by atoms with van der Waals surface area (Å²) >= 11 is 0. The lowest BCUT2D eigenvalue weighted by Gasteiger charge is -1.97. The minimum atomic E-state index is -0.759. The lowest BCUT2D eigenvalue weighted by atomic mass is 10.1. The van der Waals surface area contributed by atoms with E-state index in [-0.39, 0.29) is 19.0 Å². The van der Waals surface area contributed by atoms with Crippen LogP contribution < -0.4 is 11.5 Å². The van der Waals surface area contributed by atoms with E-state index in [0.29, 0.717) is 12.8 Å². The van der Waals surface area contributed by atoms with Crippen molar-refractivity contribution in [3.8, 4) is 0 Å². The van der Waals surface area contributed by atoms with E-state index in [1.54, 1.807) is 0 Å². The number of carboxylic acid groups (broad SMARTS) is 2. The van der Waals surface area contributed by atoms with Crippen LogP contribution in [-0.4, -0.2) is 35.2 Å². The number of rotatable bonds is 8. The maximum absolute atomic E-state index is 10.1. The van der Waals surface area contributed by atoms with Gasteiger partial charge in [0.25, 0.3) is 0 Å². The maximum atomic E-state index is 10.1. The molecule has 0 amide bonds. The Kier molecular flexibility index (Phi) is 17.8. The van der Waals surface area contributed by atoms with Crippen molar-refractivity contribution < 1.29 is 19.8 Å². The number of aliphatic carboxylic acids is 2. The monoisotopic (exact) mass is 304 g/mol. The van der Waals surface area contributed by atoms with Crippen molar-refractivity contribution in [2.75, 3.05) is 13.1 Å². The summed E-state index contributed by atoms with van der Waals surface area (Å²) in [5, 5.41) is 20.0. The van der Waals surface area contributed by atoms with E-state index in [1.165, 1.54) is 38.8 Å². The molecular weight excluding hydrogens is 272 g/mol. The van der Waals surface area contributed by atoms with Gasteiger partial charge in [-0.05, 0) is 38.8 Å². The van der Waals surface area contributed by atoms with Gasteiger partial charge >= 0.3 is 11.9 Å². The molecule has 1 rings (SSSR count). The number of carboxylic acids is 2. The Hall–Kier alpha value is -1.14. The van der Waals surface area contributed by atoms with E-state index in [9.17, 15) is 9.59 Å². The summed E-state index contributed by atoms with van der Waals surface area (Å²) < 4.78 is 0. The van der Waals surface area contributed by atoms with E-state index in [1.807, 2.05) is 0 Å². The number of nitrogens with one attached hydrogen (secondary N) is 1. The largest absolute Gasteiger partial charge is 0.481 e. The van der Waals surface area contributed by atoms with E-state index >= 15 is 0 Å². The highest BCUT2D eigenvalue weighted by molar-refractivity contribution is 5.66. The number of hydrogen-bond acceptors (Lipinski definition) is 4. The van der Waals surface area contributed by atoms with Gasteiger partial charge in [-0.1, -0.05) is 32.1 Å². The molecular formula is C15H32N2O4. The smallest absolute Gasteiger partial charge is 0.303 e.